The summed E-state index contributed by atoms with van der Waals surface area (Å²) < 4.78 is 0. The zero-order valence-corrected chi connectivity index (χ0v) is 15.7. The van der Waals surface area contributed by atoms with Crippen LogP contribution in [0.25, 0.3) is 22.0 Å². The van der Waals surface area contributed by atoms with Gasteiger partial charge in [-0.3, -0.25) is 14.8 Å². The Morgan fingerprint density at radius 2 is 1.68 bits per heavy atom. The van der Waals surface area contributed by atoms with Crippen LogP contribution in [0.4, 0.5) is 0 Å². The van der Waals surface area contributed by atoms with Gasteiger partial charge in [0.1, 0.15) is 5.78 Å². The number of aryl methyl sites for hydroxylation is 1. The molecule has 0 radical (unpaired) electrons. The van der Waals surface area contributed by atoms with Crippen molar-refractivity contribution in [2.75, 3.05) is 0 Å². The highest BCUT2D eigenvalue weighted by atomic mass is 16.1. The van der Waals surface area contributed by atoms with Crippen molar-refractivity contribution in [1.82, 2.24) is 9.97 Å². The van der Waals surface area contributed by atoms with Crippen LogP contribution in [0.1, 0.15) is 24.0 Å². The standard InChI is InChI=1S/C25H22N2O/c28-24(15-20-6-4-14-26-17-20)8-3-5-19-10-12-21(13-11-19)23-16-22-7-1-2-9-25(22)27-18-23/h1-2,4,6-7,9-14,16-18H,3,5,8,15H2. The fourth-order valence-electron chi connectivity index (χ4n) is 3.40. The Labute approximate surface area is 165 Å². The maximum Gasteiger partial charge on any atom is 0.137 e. The zero-order chi connectivity index (χ0) is 19.2. The maximum absolute atomic E-state index is 12.1. The Hall–Kier alpha value is -3.33. The van der Waals surface area contributed by atoms with Crippen LogP contribution in [0.15, 0.2) is 85.3 Å². The van der Waals surface area contributed by atoms with Gasteiger partial charge in [0.05, 0.1) is 5.52 Å². The third kappa shape index (κ3) is 4.49. The molecular weight excluding hydrogens is 344 g/mol. The van der Waals surface area contributed by atoms with E-state index in [1.54, 1.807) is 12.4 Å². The quantitative estimate of drug-likeness (QED) is 0.438. The lowest BCUT2D eigenvalue weighted by atomic mass is 10.00. The molecule has 4 rings (SSSR count). The number of hydrogen-bond donors (Lipinski definition) is 0. The molecule has 0 N–H and O–H groups in total. The van der Waals surface area contributed by atoms with Gasteiger partial charge in [-0.15, -0.1) is 0 Å². The molecule has 3 nitrogen and oxygen atoms in total. The van der Waals surface area contributed by atoms with Crippen LogP contribution in [-0.4, -0.2) is 15.8 Å². The normalized spacial score (nSPS) is 10.9. The van der Waals surface area contributed by atoms with Gasteiger partial charge in [-0.25, -0.2) is 0 Å². The predicted octanol–water partition coefficient (Wildman–Crippen LogP) is 5.43. The minimum absolute atomic E-state index is 0.270. The van der Waals surface area contributed by atoms with Gasteiger partial charge in [-0.2, -0.15) is 0 Å². The minimum atomic E-state index is 0.270. The lowest BCUT2D eigenvalue weighted by Crippen LogP contribution is -2.03. The number of Topliss-reactive ketones (excluding diaryl/α,β-unsaturated/α-hetero) is 1. The molecule has 2 heterocycles. The van der Waals surface area contributed by atoms with E-state index in [9.17, 15) is 4.79 Å². The van der Waals surface area contributed by atoms with E-state index in [0.717, 1.165) is 40.4 Å². The number of fused-ring (bicyclic) bond motifs is 1. The van der Waals surface area contributed by atoms with Gasteiger partial charge >= 0.3 is 0 Å². The Bertz CT molecular complexity index is 1070. The van der Waals surface area contributed by atoms with Crippen molar-refractivity contribution >= 4 is 16.7 Å². The monoisotopic (exact) mass is 366 g/mol. The first kappa shape index (κ1) is 18.1. The number of para-hydroxylation sites is 1. The Morgan fingerprint density at radius 3 is 2.50 bits per heavy atom. The van der Waals surface area contributed by atoms with E-state index in [2.05, 4.69) is 46.4 Å². The Balaban J connectivity index is 1.33. The number of hydrogen-bond acceptors (Lipinski definition) is 3. The highest BCUT2D eigenvalue weighted by molar-refractivity contribution is 5.83. The summed E-state index contributed by atoms with van der Waals surface area (Å²) in [6, 6.07) is 22.7. The molecule has 0 unspecified atom stereocenters. The number of nitrogens with zero attached hydrogens (tertiary/aromatic N) is 2. The van der Waals surface area contributed by atoms with E-state index in [1.807, 2.05) is 36.5 Å². The van der Waals surface area contributed by atoms with Crippen LogP contribution >= 0.6 is 0 Å². The summed E-state index contributed by atoms with van der Waals surface area (Å²) in [6.07, 6.45) is 8.27. The first-order valence-corrected chi connectivity index (χ1v) is 9.63. The fraction of sp³-hybridized carbons (Fsp3) is 0.160. The molecular formula is C25H22N2O. The average Bonchev–Trinajstić information content (AvgIpc) is 2.74. The van der Waals surface area contributed by atoms with Crippen LogP contribution in [0.5, 0.6) is 0 Å². The number of ketones is 1. The van der Waals surface area contributed by atoms with Crippen LogP contribution in [0.3, 0.4) is 0 Å². The van der Waals surface area contributed by atoms with Crippen molar-refractivity contribution in [1.29, 1.82) is 0 Å². The molecule has 0 aliphatic carbocycles. The van der Waals surface area contributed by atoms with Gasteiger partial charge in [0.2, 0.25) is 0 Å². The molecule has 0 aliphatic rings. The Morgan fingerprint density at radius 1 is 0.821 bits per heavy atom. The van der Waals surface area contributed by atoms with Gasteiger partial charge in [-0.1, -0.05) is 48.5 Å². The van der Waals surface area contributed by atoms with E-state index in [4.69, 9.17) is 0 Å². The van der Waals surface area contributed by atoms with Crippen LogP contribution in [-0.2, 0) is 17.6 Å². The third-order valence-electron chi connectivity index (χ3n) is 4.92. The summed E-state index contributed by atoms with van der Waals surface area (Å²) in [5.74, 6) is 0.270. The molecule has 0 saturated carbocycles. The lowest BCUT2D eigenvalue weighted by Gasteiger charge is -2.06. The maximum atomic E-state index is 12.1. The molecule has 0 aliphatic heterocycles. The predicted molar refractivity (Wildman–Crippen MR) is 113 cm³/mol. The highest BCUT2D eigenvalue weighted by Gasteiger charge is 2.05. The molecule has 4 aromatic rings. The number of benzene rings is 2. The summed E-state index contributed by atoms with van der Waals surface area (Å²) in [7, 11) is 0. The van der Waals surface area contributed by atoms with Crippen molar-refractivity contribution < 1.29 is 4.79 Å². The van der Waals surface area contributed by atoms with Crippen LogP contribution in [0.2, 0.25) is 0 Å². The molecule has 0 bridgehead atoms. The smallest absolute Gasteiger partial charge is 0.137 e. The van der Waals surface area contributed by atoms with E-state index in [1.165, 1.54) is 5.56 Å². The van der Waals surface area contributed by atoms with Crippen molar-refractivity contribution in [2.45, 2.75) is 25.7 Å². The molecule has 0 spiro atoms. The molecule has 0 amide bonds. The molecule has 0 saturated heterocycles. The summed E-state index contributed by atoms with van der Waals surface area (Å²) in [6.45, 7) is 0. The molecule has 3 heteroatoms. The number of aromatic nitrogens is 2. The topological polar surface area (TPSA) is 42.9 Å². The second kappa shape index (κ2) is 8.57. The first-order valence-electron chi connectivity index (χ1n) is 9.63. The van der Waals surface area contributed by atoms with E-state index in [-0.39, 0.29) is 5.78 Å². The van der Waals surface area contributed by atoms with Gasteiger partial charge in [0.15, 0.2) is 0 Å². The molecule has 138 valence electrons. The van der Waals surface area contributed by atoms with Crippen LogP contribution in [0, 0.1) is 0 Å². The van der Waals surface area contributed by atoms with Crippen molar-refractivity contribution in [2.24, 2.45) is 0 Å². The zero-order valence-electron chi connectivity index (χ0n) is 15.7. The van der Waals surface area contributed by atoms with Gasteiger partial charge in [0, 0.05) is 42.4 Å². The lowest BCUT2D eigenvalue weighted by molar-refractivity contribution is -0.118. The summed E-state index contributed by atoms with van der Waals surface area (Å²) >= 11 is 0. The summed E-state index contributed by atoms with van der Waals surface area (Å²) in [5, 5.41) is 1.15. The second-order valence-electron chi connectivity index (χ2n) is 7.04. The fourth-order valence-corrected chi connectivity index (χ4v) is 3.40. The van der Waals surface area contributed by atoms with E-state index >= 15 is 0 Å². The van der Waals surface area contributed by atoms with Gasteiger partial charge < -0.3 is 0 Å². The van der Waals surface area contributed by atoms with Crippen molar-refractivity contribution in [3.8, 4) is 11.1 Å². The summed E-state index contributed by atoms with van der Waals surface area (Å²) in [4.78, 5) is 20.7. The number of carbonyl (C=O) groups is 1. The molecule has 28 heavy (non-hydrogen) atoms. The minimum Gasteiger partial charge on any atom is -0.299 e. The van der Waals surface area contributed by atoms with Crippen molar-refractivity contribution in [3.63, 3.8) is 0 Å². The SMILES string of the molecule is O=C(CCCc1ccc(-c2cnc3ccccc3c2)cc1)Cc1cccnc1. The van der Waals surface area contributed by atoms with Gasteiger partial charge in [-0.05, 0) is 47.7 Å². The van der Waals surface area contributed by atoms with Gasteiger partial charge in [0.25, 0.3) is 0 Å². The molecule has 0 fully saturated rings. The molecule has 0 atom stereocenters. The third-order valence-corrected chi connectivity index (χ3v) is 4.92. The largest absolute Gasteiger partial charge is 0.299 e. The summed E-state index contributed by atoms with van der Waals surface area (Å²) in [5.41, 5.74) is 5.54. The molecule has 2 aromatic carbocycles. The van der Waals surface area contributed by atoms with Crippen LogP contribution < -0.4 is 0 Å². The van der Waals surface area contributed by atoms with Crippen molar-refractivity contribution in [3.05, 3.63) is 96.4 Å². The number of carbonyl (C=O) groups excluding carboxylic acids is 1. The molecule has 2 aromatic heterocycles. The Kier molecular flexibility index (Phi) is 5.53. The highest BCUT2D eigenvalue weighted by Crippen LogP contribution is 2.23. The van der Waals surface area contributed by atoms with E-state index in [0.29, 0.717) is 12.8 Å². The number of pyridine rings is 2. The van der Waals surface area contributed by atoms with E-state index < -0.39 is 0 Å². The number of rotatable bonds is 7. The average molecular weight is 366 g/mol. The second-order valence-corrected chi connectivity index (χ2v) is 7.04. The first-order chi connectivity index (χ1) is 13.8.